The quantitative estimate of drug-likeness (QED) is 0.909. The molecule has 0 radical (unpaired) electrons. The molecule has 0 aromatic heterocycles. The van der Waals surface area contributed by atoms with Gasteiger partial charge in [0.15, 0.2) is 0 Å². The molecule has 1 aromatic rings. The summed E-state index contributed by atoms with van der Waals surface area (Å²) in [6.45, 7) is 8.35. The molecule has 1 aromatic carbocycles. The molecule has 4 heteroatoms. The van der Waals surface area contributed by atoms with Gasteiger partial charge in [-0.3, -0.25) is 9.59 Å². The summed E-state index contributed by atoms with van der Waals surface area (Å²) >= 11 is 0. The lowest BCUT2D eigenvalue weighted by Gasteiger charge is -2.30. The molecule has 0 aliphatic carbocycles. The van der Waals surface area contributed by atoms with Gasteiger partial charge in [-0.2, -0.15) is 0 Å². The van der Waals surface area contributed by atoms with Crippen LogP contribution in [0.2, 0.25) is 0 Å². The van der Waals surface area contributed by atoms with E-state index in [2.05, 4.69) is 5.32 Å². The number of aryl methyl sites for hydroxylation is 1. The van der Waals surface area contributed by atoms with Crippen molar-refractivity contribution < 1.29 is 9.59 Å². The minimum absolute atomic E-state index is 0.0454. The summed E-state index contributed by atoms with van der Waals surface area (Å²) in [5.74, 6) is -0.0435. The molecule has 1 saturated heterocycles. The van der Waals surface area contributed by atoms with E-state index in [0.717, 1.165) is 24.1 Å². The van der Waals surface area contributed by atoms with Crippen molar-refractivity contribution in [2.24, 2.45) is 5.41 Å². The first-order chi connectivity index (χ1) is 9.79. The van der Waals surface area contributed by atoms with E-state index in [1.54, 1.807) is 4.90 Å². The summed E-state index contributed by atoms with van der Waals surface area (Å²) in [4.78, 5) is 26.6. The predicted molar refractivity (Wildman–Crippen MR) is 84.0 cm³/mol. The Kier molecular flexibility index (Phi) is 4.35. The van der Waals surface area contributed by atoms with E-state index in [0.29, 0.717) is 6.54 Å². The predicted octanol–water partition coefficient (Wildman–Crippen LogP) is 2.97. The van der Waals surface area contributed by atoms with Crippen LogP contribution in [0.25, 0.3) is 0 Å². The Labute approximate surface area is 126 Å². The summed E-state index contributed by atoms with van der Waals surface area (Å²) < 4.78 is 0. The number of hydrogen-bond donors (Lipinski definition) is 1. The van der Waals surface area contributed by atoms with Crippen LogP contribution < -0.4 is 5.32 Å². The molecule has 114 valence electrons. The molecule has 0 bridgehead atoms. The second-order valence-electron chi connectivity index (χ2n) is 6.76. The lowest BCUT2D eigenvalue weighted by atomic mass is 9.94. The fourth-order valence-corrected chi connectivity index (χ4v) is 2.58. The molecule has 1 N–H and O–H groups in total. The van der Waals surface area contributed by atoms with Crippen molar-refractivity contribution in [3.8, 4) is 0 Å². The van der Waals surface area contributed by atoms with Crippen LogP contribution >= 0.6 is 0 Å². The van der Waals surface area contributed by atoms with Crippen molar-refractivity contribution >= 4 is 17.5 Å². The molecule has 0 unspecified atom stereocenters. The van der Waals surface area contributed by atoms with Crippen LogP contribution in [0.5, 0.6) is 0 Å². The second kappa shape index (κ2) is 5.88. The molecule has 1 aliphatic heterocycles. The maximum Gasteiger partial charge on any atom is 0.247 e. The van der Waals surface area contributed by atoms with Crippen LogP contribution in [0.4, 0.5) is 5.69 Å². The number of nitrogens with zero attached hydrogens (tertiary/aromatic N) is 1. The zero-order valence-electron chi connectivity index (χ0n) is 13.3. The van der Waals surface area contributed by atoms with Gasteiger partial charge in [0.1, 0.15) is 6.04 Å². The number of amides is 2. The molecule has 0 spiro atoms. The van der Waals surface area contributed by atoms with Crippen LogP contribution in [0.15, 0.2) is 24.3 Å². The zero-order valence-corrected chi connectivity index (χ0v) is 13.3. The van der Waals surface area contributed by atoms with E-state index in [9.17, 15) is 9.59 Å². The first-order valence-electron chi connectivity index (χ1n) is 7.47. The number of benzene rings is 1. The molecule has 1 aliphatic rings. The van der Waals surface area contributed by atoms with Gasteiger partial charge in [-0.1, -0.05) is 38.5 Å². The summed E-state index contributed by atoms with van der Waals surface area (Å²) in [6.07, 6.45) is 1.62. The molecule has 2 rings (SSSR count). The maximum atomic E-state index is 12.4. The highest BCUT2D eigenvalue weighted by Gasteiger charge is 2.38. The fraction of sp³-hybridized carbons (Fsp3) is 0.529. The third-order valence-corrected chi connectivity index (χ3v) is 3.78. The van der Waals surface area contributed by atoms with E-state index in [4.69, 9.17) is 0 Å². The first-order valence-corrected chi connectivity index (χ1v) is 7.47. The standard InChI is InChI=1S/C17H24N2O2/c1-12-7-9-13(10-8-12)18-15(20)14-6-5-11-19(14)16(21)17(2,3)4/h7-10,14H,5-6,11H2,1-4H3,(H,18,20)/t14-/m0/s1. The lowest BCUT2D eigenvalue weighted by molar-refractivity contribution is -0.143. The molecule has 0 saturated carbocycles. The molecular formula is C17H24N2O2. The number of anilines is 1. The van der Waals surface area contributed by atoms with E-state index in [-0.39, 0.29) is 17.9 Å². The van der Waals surface area contributed by atoms with Gasteiger partial charge in [-0.05, 0) is 31.9 Å². The van der Waals surface area contributed by atoms with Gasteiger partial charge in [0.05, 0.1) is 0 Å². The largest absolute Gasteiger partial charge is 0.330 e. The van der Waals surface area contributed by atoms with Gasteiger partial charge >= 0.3 is 0 Å². The molecule has 1 heterocycles. The van der Waals surface area contributed by atoms with E-state index >= 15 is 0 Å². The Balaban J connectivity index is 2.07. The Hall–Kier alpha value is -1.84. The Morgan fingerprint density at radius 3 is 2.38 bits per heavy atom. The van der Waals surface area contributed by atoms with E-state index < -0.39 is 5.41 Å². The Morgan fingerprint density at radius 2 is 1.81 bits per heavy atom. The summed E-state index contributed by atoms with van der Waals surface area (Å²) in [5.41, 5.74) is 1.48. The van der Waals surface area contributed by atoms with Gasteiger partial charge in [0.2, 0.25) is 11.8 Å². The molecule has 1 fully saturated rings. The minimum atomic E-state index is -0.452. The summed E-state index contributed by atoms with van der Waals surface area (Å²) in [7, 11) is 0. The van der Waals surface area contributed by atoms with Crippen LogP contribution in [-0.2, 0) is 9.59 Å². The zero-order chi connectivity index (χ0) is 15.6. The minimum Gasteiger partial charge on any atom is -0.330 e. The topological polar surface area (TPSA) is 49.4 Å². The molecule has 2 amide bonds. The van der Waals surface area contributed by atoms with Crippen LogP contribution in [0.1, 0.15) is 39.2 Å². The Bertz CT molecular complexity index is 529. The van der Waals surface area contributed by atoms with E-state index in [1.165, 1.54) is 0 Å². The van der Waals surface area contributed by atoms with Crippen molar-refractivity contribution in [1.29, 1.82) is 0 Å². The van der Waals surface area contributed by atoms with Gasteiger partial charge in [0, 0.05) is 17.6 Å². The number of carbonyl (C=O) groups excluding carboxylic acids is 2. The Morgan fingerprint density at radius 1 is 1.19 bits per heavy atom. The van der Waals surface area contributed by atoms with Gasteiger partial charge in [0.25, 0.3) is 0 Å². The average Bonchev–Trinajstić information content (AvgIpc) is 2.88. The molecule has 1 atom stereocenters. The molecule has 4 nitrogen and oxygen atoms in total. The van der Waals surface area contributed by atoms with Crippen molar-refractivity contribution in [1.82, 2.24) is 4.90 Å². The summed E-state index contributed by atoms with van der Waals surface area (Å²) in [5, 5.41) is 2.91. The highest BCUT2D eigenvalue weighted by Crippen LogP contribution is 2.26. The fourth-order valence-electron chi connectivity index (χ4n) is 2.58. The number of likely N-dealkylation sites (tertiary alicyclic amines) is 1. The van der Waals surface area contributed by atoms with E-state index in [1.807, 2.05) is 52.0 Å². The van der Waals surface area contributed by atoms with Crippen LogP contribution in [-0.4, -0.2) is 29.3 Å². The van der Waals surface area contributed by atoms with Gasteiger partial charge in [-0.25, -0.2) is 0 Å². The van der Waals surface area contributed by atoms with Gasteiger partial charge < -0.3 is 10.2 Å². The lowest BCUT2D eigenvalue weighted by Crippen LogP contribution is -2.47. The number of hydrogen-bond acceptors (Lipinski definition) is 2. The third-order valence-electron chi connectivity index (χ3n) is 3.78. The number of nitrogens with one attached hydrogen (secondary N) is 1. The molecular weight excluding hydrogens is 264 g/mol. The molecule has 21 heavy (non-hydrogen) atoms. The van der Waals surface area contributed by atoms with Crippen molar-refractivity contribution in [3.05, 3.63) is 29.8 Å². The van der Waals surface area contributed by atoms with Crippen molar-refractivity contribution in [3.63, 3.8) is 0 Å². The number of rotatable bonds is 2. The third kappa shape index (κ3) is 3.63. The maximum absolute atomic E-state index is 12.4. The van der Waals surface area contributed by atoms with Crippen LogP contribution in [0, 0.1) is 12.3 Å². The monoisotopic (exact) mass is 288 g/mol. The summed E-state index contributed by atoms with van der Waals surface area (Å²) in [6, 6.07) is 7.35. The SMILES string of the molecule is Cc1ccc(NC(=O)[C@@H]2CCCN2C(=O)C(C)(C)C)cc1. The second-order valence-corrected chi connectivity index (χ2v) is 6.76. The van der Waals surface area contributed by atoms with Crippen molar-refractivity contribution in [2.75, 3.05) is 11.9 Å². The van der Waals surface area contributed by atoms with Gasteiger partial charge in [-0.15, -0.1) is 0 Å². The highest BCUT2D eigenvalue weighted by molar-refractivity contribution is 5.98. The average molecular weight is 288 g/mol. The smallest absolute Gasteiger partial charge is 0.247 e. The van der Waals surface area contributed by atoms with Crippen molar-refractivity contribution in [2.45, 2.75) is 46.6 Å². The van der Waals surface area contributed by atoms with Crippen LogP contribution in [0.3, 0.4) is 0 Å². The highest BCUT2D eigenvalue weighted by atomic mass is 16.2. The number of carbonyl (C=O) groups is 2. The normalized spacial score (nSPS) is 18.7. The first kappa shape index (κ1) is 15.5.